The average molecular weight is 288 g/mol. The molecule has 0 saturated carbocycles. The number of nitrogens with zero attached hydrogens (tertiary/aromatic N) is 1. The third kappa shape index (κ3) is 3.70. The summed E-state index contributed by atoms with van der Waals surface area (Å²) in [6.45, 7) is 1.59. The summed E-state index contributed by atoms with van der Waals surface area (Å²) in [4.78, 5) is 2.25. The van der Waals surface area contributed by atoms with Gasteiger partial charge in [0.2, 0.25) is 0 Å². The van der Waals surface area contributed by atoms with Gasteiger partial charge in [-0.2, -0.15) is 0 Å². The molecule has 0 aromatic heterocycles. The summed E-state index contributed by atoms with van der Waals surface area (Å²) in [5.74, 6) is 0.233. The van der Waals surface area contributed by atoms with Crippen LogP contribution in [0.2, 0.25) is 5.02 Å². The predicted octanol–water partition coefficient (Wildman–Crippen LogP) is 2.52. The van der Waals surface area contributed by atoms with Crippen LogP contribution < -0.4 is 0 Å². The highest BCUT2D eigenvalue weighted by atomic mass is 35.5. The van der Waals surface area contributed by atoms with Gasteiger partial charge in [-0.05, 0) is 37.1 Å². The summed E-state index contributed by atoms with van der Waals surface area (Å²) in [6.07, 6.45) is 3.50. The Morgan fingerprint density at radius 2 is 2.00 bits per heavy atom. The van der Waals surface area contributed by atoms with Crippen LogP contribution in [0.3, 0.4) is 0 Å². The molecular formula is C13H18ClNO2S. The Morgan fingerprint density at radius 1 is 1.33 bits per heavy atom. The molecule has 3 nitrogen and oxygen atoms in total. The first-order valence-electron chi connectivity index (χ1n) is 6.13. The molecule has 0 amide bonds. The van der Waals surface area contributed by atoms with Crippen molar-refractivity contribution in [2.24, 2.45) is 0 Å². The molecule has 1 heterocycles. The highest BCUT2D eigenvalue weighted by molar-refractivity contribution is 7.90. The fourth-order valence-corrected chi connectivity index (χ4v) is 3.13. The predicted molar refractivity (Wildman–Crippen MR) is 74.7 cm³/mol. The lowest BCUT2D eigenvalue weighted by Gasteiger charge is -2.24. The maximum Gasteiger partial charge on any atom is 0.148 e. The minimum atomic E-state index is -2.89. The number of rotatable bonds is 4. The Morgan fingerprint density at radius 3 is 2.61 bits per heavy atom. The van der Waals surface area contributed by atoms with Crippen LogP contribution in [0.15, 0.2) is 24.3 Å². The highest BCUT2D eigenvalue weighted by Crippen LogP contribution is 2.32. The van der Waals surface area contributed by atoms with E-state index in [2.05, 4.69) is 4.90 Å². The van der Waals surface area contributed by atoms with Crippen molar-refractivity contribution in [3.63, 3.8) is 0 Å². The third-order valence-corrected chi connectivity index (χ3v) is 4.54. The Kier molecular flexibility index (Phi) is 4.30. The topological polar surface area (TPSA) is 37.4 Å². The van der Waals surface area contributed by atoms with E-state index in [0.717, 1.165) is 24.4 Å². The lowest BCUT2D eigenvalue weighted by Crippen LogP contribution is -2.28. The van der Waals surface area contributed by atoms with Crippen LogP contribution in [0.25, 0.3) is 0 Å². The van der Waals surface area contributed by atoms with Gasteiger partial charge in [0, 0.05) is 23.9 Å². The van der Waals surface area contributed by atoms with E-state index in [1.165, 1.54) is 11.8 Å². The van der Waals surface area contributed by atoms with E-state index in [0.29, 0.717) is 12.6 Å². The maximum atomic E-state index is 11.2. The van der Waals surface area contributed by atoms with Gasteiger partial charge in [-0.3, -0.25) is 4.90 Å². The summed E-state index contributed by atoms with van der Waals surface area (Å²) < 4.78 is 22.5. The van der Waals surface area contributed by atoms with Crippen molar-refractivity contribution >= 4 is 21.4 Å². The van der Waals surface area contributed by atoms with Gasteiger partial charge in [0.15, 0.2) is 0 Å². The molecule has 0 unspecified atom stereocenters. The van der Waals surface area contributed by atoms with Crippen molar-refractivity contribution < 1.29 is 8.42 Å². The van der Waals surface area contributed by atoms with E-state index < -0.39 is 9.84 Å². The van der Waals surface area contributed by atoms with Crippen LogP contribution in [-0.4, -0.2) is 38.4 Å². The van der Waals surface area contributed by atoms with Crippen LogP contribution >= 0.6 is 11.6 Å². The maximum absolute atomic E-state index is 11.2. The second kappa shape index (κ2) is 5.59. The zero-order valence-corrected chi connectivity index (χ0v) is 12.0. The molecule has 5 heteroatoms. The van der Waals surface area contributed by atoms with Crippen molar-refractivity contribution in [2.75, 3.05) is 25.1 Å². The number of halogens is 1. The molecule has 0 aliphatic carbocycles. The van der Waals surface area contributed by atoms with Gasteiger partial charge in [-0.1, -0.05) is 23.7 Å². The summed E-state index contributed by atoms with van der Waals surface area (Å²) in [5, 5.41) is 0.736. The zero-order valence-electron chi connectivity index (χ0n) is 10.5. The molecule has 100 valence electrons. The number of hydrogen-bond donors (Lipinski definition) is 0. The Bertz CT molecular complexity index is 498. The van der Waals surface area contributed by atoms with Gasteiger partial charge >= 0.3 is 0 Å². The van der Waals surface area contributed by atoms with E-state index in [1.54, 1.807) is 0 Å². The summed E-state index contributed by atoms with van der Waals surface area (Å²) in [6, 6.07) is 8.19. The van der Waals surface area contributed by atoms with Crippen LogP contribution in [0.1, 0.15) is 24.4 Å². The molecule has 1 aromatic carbocycles. The molecule has 1 saturated heterocycles. The molecule has 18 heavy (non-hydrogen) atoms. The number of sulfone groups is 1. The quantitative estimate of drug-likeness (QED) is 0.854. The first kappa shape index (κ1) is 13.8. The highest BCUT2D eigenvalue weighted by Gasteiger charge is 2.26. The van der Waals surface area contributed by atoms with Crippen molar-refractivity contribution in [1.82, 2.24) is 4.90 Å². The van der Waals surface area contributed by atoms with E-state index in [-0.39, 0.29) is 5.75 Å². The lowest BCUT2D eigenvalue weighted by molar-refractivity contribution is 0.272. The minimum Gasteiger partial charge on any atom is -0.295 e. The van der Waals surface area contributed by atoms with Gasteiger partial charge in [-0.15, -0.1) is 0 Å². The molecule has 1 aromatic rings. The minimum absolute atomic E-state index is 0.233. The second-order valence-corrected chi connectivity index (χ2v) is 7.57. The fraction of sp³-hybridized carbons (Fsp3) is 0.538. The van der Waals surface area contributed by atoms with E-state index in [1.807, 2.05) is 24.3 Å². The van der Waals surface area contributed by atoms with Gasteiger partial charge in [0.1, 0.15) is 9.84 Å². The Labute approximate surface area is 114 Å². The molecule has 2 rings (SSSR count). The average Bonchev–Trinajstić information content (AvgIpc) is 2.75. The largest absolute Gasteiger partial charge is 0.295 e. The summed E-state index contributed by atoms with van der Waals surface area (Å²) in [5.41, 5.74) is 1.23. The second-order valence-electron chi connectivity index (χ2n) is 4.88. The summed E-state index contributed by atoms with van der Waals surface area (Å²) >= 11 is 5.88. The molecule has 0 spiro atoms. The lowest BCUT2D eigenvalue weighted by atomic mass is 10.0. The fourth-order valence-electron chi connectivity index (χ4n) is 2.44. The van der Waals surface area contributed by atoms with Crippen molar-refractivity contribution in [3.05, 3.63) is 34.9 Å². The molecule has 1 atom stereocenters. The third-order valence-electron chi connectivity index (χ3n) is 3.37. The van der Waals surface area contributed by atoms with Crippen molar-refractivity contribution in [2.45, 2.75) is 18.9 Å². The molecule has 0 bridgehead atoms. The standard InChI is InChI=1S/C13H18ClNO2S/c1-18(16,17)10-9-15-8-2-3-13(15)11-4-6-12(14)7-5-11/h4-7,13H,2-3,8-10H2,1H3/t13-/m1/s1. The van der Waals surface area contributed by atoms with Gasteiger partial charge in [-0.25, -0.2) is 8.42 Å². The first-order valence-corrected chi connectivity index (χ1v) is 8.57. The first-order chi connectivity index (χ1) is 8.46. The van der Waals surface area contributed by atoms with E-state index in [9.17, 15) is 8.42 Å². The molecule has 1 aliphatic heterocycles. The molecule has 1 fully saturated rings. The number of likely N-dealkylation sites (tertiary alicyclic amines) is 1. The van der Waals surface area contributed by atoms with Crippen LogP contribution in [0.5, 0.6) is 0 Å². The van der Waals surface area contributed by atoms with Crippen LogP contribution in [-0.2, 0) is 9.84 Å². The van der Waals surface area contributed by atoms with Crippen molar-refractivity contribution in [3.8, 4) is 0 Å². The van der Waals surface area contributed by atoms with Crippen LogP contribution in [0, 0.1) is 0 Å². The summed E-state index contributed by atoms with van der Waals surface area (Å²) in [7, 11) is -2.89. The van der Waals surface area contributed by atoms with Gasteiger partial charge in [0.25, 0.3) is 0 Å². The molecule has 0 radical (unpaired) electrons. The van der Waals surface area contributed by atoms with E-state index >= 15 is 0 Å². The molecular weight excluding hydrogens is 270 g/mol. The smallest absolute Gasteiger partial charge is 0.148 e. The SMILES string of the molecule is CS(=O)(=O)CCN1CCC[C@@H]1c1ccc(Cl)cc1. The zero-order chi connectivity index (χ0) is 13.2. The Hall–Kier alpha value is -0.580. The Balaban J connectivity index is 2.05. The van der Waals surface area contributed by atoms with E-state index in [4.69, 9.17) is 11.6 Å². The monoisotopic (exact) mass is 287 g/mol. The van der Waals surface area contributed by atoms with Gasteiger partial charge in [0.05, 0.1) is 5.75 Å². The normalized spacial score (nSPS) is 21.3. The van der Waals surface area contributed by atoms with Gasteiger partial charge < -0.3 is 0 Å². The number of hydrogen-bond acceptors (Lipinski definition) is 3. The van der Waals surface area contributed by atoms with Crippen molar-refractivity contribution in [1.29, 1.82) is 0 Å². The number of benzene rings is 1. The van der Waals surface area contributed by atoms with Crippen LogP contribution in [0.4, 0.5) is 0 Å². The molecule has 1 aliphatic rings. The molecule has 0 N–H and O–H groups in total.